The van der Waals surface area contributed by atoms with E-state index in [1.165, 1.54) is 29.1 Å². The van der Waals surface area contributed by atoms with Crippen LogP contribution in [0.3, 0.4) is 0 Å². The Bertz CT molecular complexity index is 409. The minimum absolute atomic E-state index is 0.313. The van der Waals surface area contributed by atoms with E-state index >= 15 is 0 Å². The lowest BCUT2D eigenvalue weighted by Gasteiger charge is -2.48. The molecule has 2 unspecified atom stereocenters. The van der Waals surface area contributed by atoms with Crippen molar-refractivity contribution in [2.45, 2.75) is 65.1 Å². The zero-order valence-corrected chi connectivity index (χ0v) is 13.8. The molecule has 0 amide bonds. The summed E-state index contributed by atoms with van der Waals surface area (Å²) in [7, 11) is 0. The van der Waals surface area contributed by atoms with Crippen LogP contribution >= 0.6 is 11.3 Å². The van der Waals surface area contributed by atoms with E-state index in [0.717, 1.165) is 6.54 Å². The molecule has 1 N–H and O–H groups in total. The van der Waals surface area contributed by atoms with Gasteiger partial charge >= 0.3 is 0 Å². The molecule has 2 atom stereocenters. The third kappa shape index (κ3) is 3.04. The second-order valence-electron chi connectivity index (χ2n) is 6.01. The van der Waals surface area contributed by atoms with Crippen molar-refractivity contribution >= 4 is 11.3 Å². The van der Waals surface area contributed by atoms with Crippen LogP contribution in [0.4, 0.5) is 0 Å². The predicted molar refractivity (Wildman–Crippen MR) is 85.0 cm³/mol. The van der Waals surface area contributed by atoms with Crippen molar-refractivity contribution in [3.63, 3.8) is 0 Å². The average molecular weight is 280 g/mol. The van der Waals surface area contributed by atoms with E-state index in [4.69, 9.17) is 0 Å². The number of piperazine rings is 1. The lowest BCUT2D eigenvalue weighted by molar-refractivity contribution is 0.0508. The quantitative estimate of drug-likeness (QED) is 0.898. The Labute approximate surface area is 122 Å². The Hall–Kier alpha value is -0.380. The Balaban J connectivity index is 2.17. The van der Waals surface area contributed by atoms with Gasteiger partial charge in [0.05, 0.1) is 0 Å². The molecule has 2 heterocycles. The van der Waals surface area contributed by atoms with Gasteiger partial charge in [-0.15, -0.1) is 11.3 Å². The Morgan fingerprint density at radius 3 is 2.63 bits per heavy atom. The molecule has 0 aromatic carbocycles. The fourth-order valence-corrected chi connectivity index (χ4v) is 4.08. The minimum Gasteiger partial charge on any atom is -0.308 e. The summed E-state index contributed by atoms with van der Waals surface area (Å²) in [6, 6.07) is 5.70. The van der Waals surface area contributed by atoms with Gasteiger partial charge in [0.1, 0.15) is 0 Å². The molecule has 2 nitrogen and oxygen atoms in total. The number of hydrogen-bond acceptors (Lipinski definition) is 3. The van der Waals surface area contributed by atoms with Gasteiger partial charge in [0.2, 0.25) is 0 Å². The highest BCUT2D eigenvalue weighted by Crippen LogP contribution is 2.33. The highest BCUT2D eigenvalue weighted by atomic mass is 32.1. The Morgan fingerprint density at radius 2 is 2.11 bits per heavy atom. The van der Waals surface area contributed by atoms with Gasteiger partial charge in [0, 0.05) is 40.5 Å². The molecule has 0 saturated carbocycles. The number of aryl methyl sites for hydroxylation is 1. The molecule has 108 valence electrons. The van der Waals surface area contributed by atoms with Crippen LogP contribution in [-0.4, -0.2) is 29.6 Å². The molecule has 0 bridgehead atoms. The van der Waals surface area contributed by atoms with E-state index in [0.29, 0.717) is 17.6 Å². The molecule has 2 rings (SSSR count). The molecule has 1 aromatic rings. The maximum Gasteiger partial charge on any atom is 0.0417 e. The first kappa shape index (κ1) is 15.0. The van der Waals surface area contributed by atoms with Crippen LogP contribution in [0.5, 0.6) is 0 Å². The third-order valence-corrected chi connectivity index (χ3v) is 6.02. The molecule has 3 heteroatoms. The summed E-state index contributed by atoms with van der Waals surface area (Å²) in [5.41, 5.74) is 0.313. The van der Waals surface area contributed by atoms with Crippen molar-refractivity contribution in [3.8, 4) is 0 Å². The van der Waals surface area contributed by atoms with E-state index in [2.05, 4.69) is 57.0 Å². The van der Waals surface area contributed by atoms with Crippen LogP contribution in [0.2, 0.25) is 0 Å². The first-order valence-corrected chi connectivity index (χ1v) is 8.40. The van der Waals surface area contributed by atoms with Crippen LogP contribution in [-0.2, 0) is 0 Å². The van der Waals surface area contributed by atoms with Gasteiger partial charge in [0.15, 0.2) is 0 Å². The van der Waals surface area contributed by atoms with Gasteiger partial charge in [-0.1, -0.05) is 13.8 Å². The van der Waals surface area contributed by atoms with Crippen LogP contribution in [0.25, 0.3) is 0 Å². The standard InChI is InChI=1S/C16H28N2S/c1-6-16(7-2)11-18(12(3)10-17-16)14(5)15-9-8-13(4)19-15/h8-9,12,14,17H,6-7,10-11H2,1-5H3. The molecule has 0 spiro atoms. The number of nitrogens with one attached hydrogen (secondary N) is 1. The van der Waals surface area contributed by atoms with Crippen LogP contribution < -0.4 is 5.32 Å². The largest absolute Gasteiger partial charge is 0.308 e. The second kappa shape index (κ2) is 5.94. The number of nitrogens with zero attached hydrogens (tertiary/aromatic N) is 1. The van der Waals surface area contributed by atoms with Gasteiger partial charge in [-0.3, -0.25) is 4.90 Å². The third-order valence-electron chi connectivity index (χ3n) is 4.85. The molecule has 0 radical (unpaired) electrons. The molecule has 1 aliphatic heterocycles. The zero-order valence-electron chi connectivity index (χ0n) is 13.0. The lowest BCUT2D eigenvalue weighted by Crippen LogP contribution is -2.63. The van der Waals surface area contributed by atoms with Crippen molar-refractivity contribution in [2.24, 2.45) is 0 Å². The SMILES string of the molecule is CCC1(CC)CN(C(C)c2ccc(C)s2)C(C)CN1. The van der Waals surface area contributed by atoms with Gasteiger partial charge in [-0.2, -0.15) is 0 Å². The summed E-state index contributed by atoms with van der Waals surface area (Å²) in [5.74, 6) is 0. The van der Waals surface area contributed by atoms with Crippen molar-refractivity contribution in [1.82, 2.24) is 10.2 Å². The van der Waals surface area contributed by atoms with Crippen LogP contribution in [0.15, 0.2) is 12.1 Å². The predicted octanol–water partition coefficient (Wildman–Crippen LogP) is 3.97. The lowest BCUT2D eigenvalue weighted by atomic mass is 9.88. The van der Waals surface area contributed by atoms with Gasteiger partial charge in [-0.05, 0) is 45.7 Å². The molecular weight excluding hydrogens is 252 g/mol. The summed E-state index contributed by atoms with van der Waals surface area (Å²) < 4.78 is 0. The van der Waals surface area contributed by atoms with E-state index in [9.17, 15) is 0 Å². The van der Waals surface area contributed by atoms with Crippen molar-refractivity contribution in [2.75, 3.05) is 13.1 Å². The highest BCUT2D eigenvalue weighted by Gasteiger charge is 2.37. The van der Waals surface area contributed by atoms with Crippen LogP contribution in [0, 0.1) is 6.92 Å². The molecule has 0 aliphatic carbocycles. The highest BCUT2D eigenvalue weighted by molar-refractivity contribution is 7.12. The van der Waals surface area contributed by atoms with E-state index < -0.39 is 0 Å². The van der Waals surface area contributed by atoms with Gasteiger partial charge in [0.25, 0.3) is 0 Å². The molecule has 19 heavy (non-hydrogen) atoms. The number of thiophene rings is 1. The first-order chi connectivity index (χ1) is 9.01. The van der Waals surface area contributed by atoms with E-state index in [-0.39, 0.29) is 0 Å². The van der Waals surface area contributed by atoms with Gasteiger partial charge < -0.3 is 5.32 Å². The van der Waals surface area contributed by atoms with Crippen molar-refractivity contribution < 1.29 is 0 Å². The summed E-state index contributed by atoms with van der Waals surface area (Å²) in [6.07, 6.45) is 2.42. The number of rotatable bonds is 4. The summed E-state index contributed by atoms with van der Waals surface area (Å²) in [5, 5.41) is 3.78. The maximum atomic E-state index is 3.78. The van der Waals surface area contributed by atoms with Crippen molar-refractivity contribution in [3.05, 3.63) is 21.9 Å². The minimum atomic E-state index is 0.313. The Kier molecular flexibility index (Phi) is 4.70. The molecule has 1 aliphatic rings. The van der Waals surface area contributed by atoms with Gasteiger partial charge in [-0.25, -0.2) is 0 Å². The van der Waals surface area contributed by atoms with Crippen LogP contribution in [0.1, 0.15) is 56.3 Å². The molecule has 1 aromatic heterocycles. The molecular formula is C16H28N2S. The second-order valence-corrected chi connectivity index (χ2v) is 7.33. The monoisotopic (exact) mass is 280 g/mol. The van der Waals surface area contributed by atoms with Crippen molar-refractivity contribution in [1.29, 1.82) is 0 Å². The smallest absolute Gasteiger partial charge is 0.0417 e. The molecule has 1 saturated heterocycles. The maximum absolute atomic E-state index is 3.78. The summed E-state index contributed by atoms with van der Waals surface area (Å²) >= 11 is 1.94. The van der Waals surface area contributed by atoms with E-state index in [1.54, 1.807) is 0 Å². The van der Waals surface area contributed by atoms with E-state index in [1.807, 2.05) is 11.3 Å². The topological polar surface area (TPSA) is 15.3 Å². The fraction of sp³-hybridized carbons (Fsp3) is 0.750. The summed E-state index contributed by atoms with van der Waals surface area (Å²) in [4.78, 5) is 5.61. The normalized spacial score (nSPS) is 25.4. The fourth-order valence-electron chi connectivity index (χ4n) is 3.13. The Morgan fingerprint density at radius 1 is 1.42 bits per heavy atom. The summed E-state index contributed by atoms with van der Waals surface area (Å²) in [6.45, 7) is 13.8. The average Bonchev–Trinajstić information content (AvgIpc) is 2.86. The first-order valence-electron chi connectivity index (χ1n) is 7.58. The molecule has 1 fully saturated rings. The zero-order chi connectivity index (χ0) is 14.0. The number of hydrogen-bond donors (Lipinski definition) is 1.